The molecule has 0 saturated carbocycles. The predicted molar refractivity (Wildman–Crippen MR) is 78.6 cm³/mol. The Morgan fingerprint density at radius 3 is 2.80 bits per heavy atom. The number of hydrogen-bond acceptors (Lipinski definition) is 4. The van der Waals surface area contributed by atoms with Gasteiger partial charge in [-0.2, -0.15) is 0 Å². The van der Waals surface area contributed by atoms with E-state index < -0.39 is 5.97 Å². The van der Waals surface area contributed by atoms with Crippen molar-refractivity contribution in [2.24, 2.45) is 0 Å². The molecule has 0 unspecified atom stereocenters. The monoisotopic (exact) mass is 313 g/mol. The quantitative estimate of drug-likeness (QED) is 0.855. The normalized spacial score (nSPS) is 10.4. The van der Waals surface area contributed by atoms with Crippen molar-refractivity contribution in [1.29, 1.82) is 0 Å². The van der Waals surface area contributed by atoms with Crippen LogP contribution in [0.4, 0.5) is 5.69 Å². The van der Waals surface area contributed by atoms with Crippen LogP contribution in [0.25, 0.3) is 0 Å². The number of furan rings is 1. The molecule has 1 aromatic carbocycles. The molecule has 0 aliphatic heterocycles. The molecule has 0 radical (unpaired) electrons. The van der Waals surface area contributed by atoms with Gasteiger partial charge in [0.15, 0.2) is 0 Å². The largest absolute Gasteiger partial charge is 0.465 e. The highest BCUT2D eigenvalue weighted by Crippen LogP contribution is 2.26. The Labute approximate surface area is 126 Å². The Kier molecular flexibility index (Phi) is 4.57. The van der Waals surface area contributed by atoms with Gasteiger partial charge in [-0.3, -0.25) is 0 Å². The molecule has 106 valence electrons. The number of aryl methyl sites for hydroxylation is 1. The standard InChI is InChI=1S/C14H13Cl2NO3/c1-8-11(14(18)19-2)6-10(20-8)7-17-13-5-9(15)3-4-12(13)16/h3-6,17H,7H2,1-2H3. The first-order valence-corrected chi connectivity index (χ1v) is 6.63. The second kappa shape index (κ2) is 6.20. The Morgan fingerprint density at radius 1 is 1.35 bits per heavy atom. The summed E-state index contributed by atoms with van der Waals surface area (Å²) in [5.41, 5.74) is 1.12. The fourth-order valence-electron chi connectivity index (χ4n) is 1.76. The Balaban J connectivity index is 2.11. The van der Waals surface area contributed by atoms with Crippen LogP contribution in [0.3, 0.4) is 0 Å². The van der Waals surface area contributed by atoms with Gasteiger partial charge in [-0.25, -0.2) is 4.79 Å². The molecule has 0 atom stereocenters. The highest BCUT2D eigenvalue weighted by molar-refractivity contribution is 6.35. The van der Waals surface area contributed by atoms with E-state index in [1.165, 1.54) is 7.11 Å². The van der Waals surface area contributed by atoms with Gasteiger partial charge in [0.25, 0.3) is 0 Å². The molecule has 2 aromatic rings. The second-order valence-electron chi connectivity index (χ2n) is 4.15. The minimum atomic E-state index is -0.418. The van der Waals surface area contributed by atoms with Gasteiger partial charge in [0.05, 0.1) is 24.4 Å². The summed E-state index contributed by atoms with van der Waals surface area (Å²) in [6.07, 6.45) is 0. The molecule has 20 heavy (non-hydrogen) atoms. The van der Waals surface area contributed by atoms with Crippen LogP contribution in [0, 0.1) is 6.92 Å². The van der Waals surface area contributed by atoms with Crippen molar-refractivity contribution in [3.8, 4) is 0 Å². The molecule has 2 rings (SSSR count). The van der Waals surface area contributed by atoms with E-state index in [0.717, 1.165) is 0 Å². The Morgan fingerprint density at radius 2 is 2.10 bits per heavy atom. The third kappa shape index (κ3) is 3.26. The average molecular weight is 314 g/mol. The summed E-state index contributed by atoms with van der Waals surface area (Å²) in [4.78, 5) is 11.5. The van der Waals surface area contributed by atoms with Gasteiger partial charge in [0.1, 0.15) is 17.1 Å². The maximum atomic E-state index is 11.5. The lowest BCUT2D eigenvalue weighted by Crippen LogP contribution is -2.01. The molecule has 4 nitrogen and oxygen atoms in total. The lowest BCUT2D eigenvalue weighted by Gasteiger charge is -2.06. The molecule has 0 fully saturated rings. The molecule has 0 aliphatic rings. The second-order valence-corrected chi connectivity index (χ2v) is 5.00. The number of nitrogens with one attached hydrogen (secondary N) is 1. The topological polar surface area (TPSA) is 51.5 Å². The molecule has 1 N–H and O–H groups in total. The number of carbonyl (C=O) groups is 1. The zero-order valence-electron chi connectivity index (χ0n) is 11.0. The molecule has 0 bridgehead atoms. The molecular formula is C14H13Cl2NO3. The summed E-state index contributed by atoms with van der Waals surface area (Å²) in [7, 11) is 1.33. The van der Waals surface area contributed by atoms with Gasteiger partial charge in [-0.1, -0.05) is 23.2 Å². The van der Waals surface area contributed by atoms with Crippen LogP contribution < -0.4 is 5.32 Å². The summed E-state index contributed by atoms with van der Waals surface area (Å²) in [5.74, 6) is 0.711. The number of methoxy groups -OCH3 is 1. The summed E-state index contributed by atoms with van der Waals surface area (Å²) in [6, 6.07) is 6.79. The third-order valence-corrected chi connectivity index (χ3v) is 3.32. The van der Waals surface area contributed by atoms with Crippen molar-refractivity contribution < 1.29 is 13.9 Å². The van der Waals surface area contributed by atoms with Crippen LogP contribution in [-0.2, 0) is 11.3 Å². The van der Waals surface area contributed by atoms with E-state index in [2.05, 4.69) is 10.1 Å². The highest BCUT2D eigenvalue weighted by atomic mass is 35.5. The van der Waals surface area contributed by atoms with Gasteiger partial charge >= 0.3 is 5.97 Å². The van der Waals surface area contributed by atoms with Gasteiger partial charge in [0, 0.05) is 5.02 Å². The maximum absolute atomic E-state index is 11.5. The van der Waals surface area contributed by atoms with Crippen LogP contribution in [0.1, 0.15) is 21.9 Å². The molecule has 6 heteroatoms. The van der Waals surface area contributed by atoms with Crippen LogP contribution >= 0.6 is 23.2 Å². The number of rotatable bonds is 4. The summed E-state index contributed by atoms with van der Waals surface area (Å²) < 4.78 is 10.2. The molecular weight excluding hydrogens is 301 g/mol. The average Bonchev–Trinajstić information content (AvgIpc) is 2.80. The first kappa shape index (κ1) is 14.8. The molecule has 0 aliphatic carbocycles. The van der Waals surface area contributed by atoms with Crippen LogP contribution in [-0.4, -0.2) is 13.1 Å². The van der Waals surface area contributed by atoms with E-state index in [1.807, 2.05) is 0 Å². The maximum Gasteiger partial charge on any atom is 0.341 e. The number of hydrogen-bond donors (Lipinski definition) is 1. The van der Waals surface area contributed by atoms with Crippen molar-refractivity contribution in [2.45, 2.75) is 13.5 Å². The van der Waals surface area contributed by atoms with Crippen LogP contribution in [0.2, 0.25) is 10.0 Å². The fraction of sp³-hybridized carbons (Fsp3) is 0.214. The van der Waals surface area contributed by atoms with Crippen molar-refractivity contribution in [3.63, 3.8) is 0 Å². The summed E-state index contributed by atoms with van der Waals surface area (Å²) in [6.45, 7) is 2.10. The minimum Gasteiger partial charge on any atom is -0.465 e. The molecule has 0 spiro atoms. The molecule has 0 saturated heterocycles. The summed E-state index contributed by atoms with van der Waals surface area (Å²) >= 11 is 12.0. The van der Waals surface area contributed by atoms with Gasteiger partial charge in [-0.05, 0) is 31.2 Å². The third-order valence-electron chi connectivity index (χ3n) is 2.76. The van der Waals surface area contributed by atoms with E-state index >= 15 is 0 Å². The highest BCUT2D eigenvalue weighted by Gasteiger charge is 2.15. The van der Waals surface area contributed by atoms with E-state index in [-0.39, 0.29) is 0 Å². The molecule has 1 heterocycles. The number of ether oxygens (including phenoxy) is 1. The van der Waals surface area contributed by atoms with E-state index in [4.69, 9.17) is 27.6 Å². The zero-order chi connectivity index (χ0) is 14.7. The number of anilines is 1. The number of esters is 1. The predicted octanol–water partition coefficient (Wildman–Crippen LogP) is 4.29. The number of carbonyl (C=O) groups excluding carboxylic acids is 1. The molecule has 0 amide bonds. The Bertz CT molecular complexity index is 637. The zero-order valence-corrected chi connectivity index (χ0v) is 12.5. The van der Waals surface area contributed by atoms with Crippen molar-refractivity contribution in [2.75, 3.05) is 12.4 Å². The lowest BCUT2D eigenvalue weighted by molar-refractivity contribution is 0.0599. The fourth-order valence-corrected chi connectivity index (χ4v) is 2.12. The first-order chi connectivity index (χ1) is 9.51. The number of halogens is 2. The van der Waals surface area contributed by atoms with Crippen molar-refractivity contribution >= 4 is 34.9 Å². The van der Waals surface area contributed by atoms with E-state index in [9.17, 15) is 4.79 Å². The Hall–Kier alpha value is -1.65. The molecule has 1 aromatic heterocycles. The van der Waals surface area contributed by atoms with Gasteiger partial charge < -0.3 is 14.5 Å². The smallest absolute Gasteiger partial charge is 0.341 e. The lowest BCUT2D eigenvalue weighted by atomic mass is 10.2. The van der Waals surface area contributed by atoms with E-state index in [0.29, 0.717) is 39.4 Å². The van der Waals surface area contributed by atoms with Crippen LogP contribution in [0.5, 0.6) is 0 Å². The van der Waals surface area contributed by atoms with Crippen molar-refractivity contribution in [3.05, 3.63) is 51.4 Å². The van der Waals surface area contributed by atoms with Crippen molar-refractivity contribution in [1.82, 2.24) is 0 Å². The first-order valence-electron chi connectivity index (χ1n) is 5.88. The van der Waals surface area contributed by atoms with E-state index in [1.54, 1.807) is 31.2 Å². The summed E-state index contributed by atoms with van der Waals surface area (Å²) in [5, 5.41) is 4.25. The SMILES string of the molecule is COC(=O)c1cc(CNc2cc(Cl)ccc2Cl)oc1C. The van der Waals surface area contributed by atoms with Gasteiger partial charge in [-0.15, -0.1) is 0 Å². The number of benzene rings is 1. The van der Waals surface area contributed by atoms with Gasteiger partial charge in [0.2, 0.25) is 0 Å². The van der Waals surface area contributed by atoms with Crippen LogP contribution in [0.15, 0.2) is 28.7 Å². The minimum absolute atomic E-state index is 0.387.